The molecule has 0 heterocycles. The summed E-state index contributed by atoms with van der Waals surface area (Å²) in [7, 11) is 0.266. The Hall–Kier alpha value is -3.41. The van der Waals surface area contributed by atoms with Crippen LogP contribution < -0.4 is 24.6 Å². The van der Waals surface area contributed by atoms with Gasteiger partial charge in [0.15, 0.2) is 8.15 Å². The number of unbranched alkanes of at least 4 members (excludes halogenated alkanes) is 1. The Kier molecular flexibility index (Phi) is 9.15. The first-order chi connectivity index (χ1) is 18.0. The lowest BCUT2D eigenvalue weighted by Gasteiger charge is -2.24. The maximum Gasteiger partial charge on any atom is 0.278 e. The molecule has 4 rings (SSSR count). The van der Waals surface area contributed by atoms with Crippen molar-refractivity contribution in [2.45, 2.75) is 19.8 Å². The van der Waals surface area contributed by atoms with Crippen molar-refractivity contribution in [3.63, 3.8) is 0 Å². The van der Waals surface area contributed by atoms with E-state index in [0.717, 1.165) is 23.5 Å². The van der Waals surface area contributed by atoms with Gasteiger partial charge in [-0.1, -0.05) is 80.1 Å². The third kappa shape index (κ3) is 6.30. The Morgan fingerprint density at radius 3 is 2.05 bits per heavy atom. The molecule has 6 nitrogen and oxygen atoms in total. The molecule has 0 unspecified atom stereocenters. The summed E-state index contributed by atoms with van der Waals surface area (Å²) in [6.45, 7) is 2.54. The largest absolute Gasteiger partial charge is 0.496 e. The van der Waals surface area contributed by atoms with Crippen LogP contribution in [-0.2, 0) is 0 Å². The van der Waals surface area contributed by atoms with E-state index in [9.17, 15) is 10.1 Å². The number of halogens is 1. The van der Waals surface area contributed by atoms with Crippen LogP contribution in [0.3, 0.4) is 0 Å². The van der Waals surface area contributed by atoms with Crippen molar-refractivity contribution >= 4 is 40.4 Å². The predicted octanol–water partition coefficient (Wildman–Crippen LogP) is 7.64. The maximum absolute atomic E-state index is 12.1. The van der Waals surface area contributed by atoms with E-state index in [1.807, 2.05) is 60.7 Å². The molecule has 190 valence electrons. The zero-order valence-corrected chi connectivity index (χ0v) is 23.1. The monoisotopic (exact) mass is 579 g/mol. The van der Waals surface area contributed by atoms with Crippen molar-refractivity contribution in [3.05, 3.63) is 106 Å². The van der Waals surface area contributed by atoms with Crippen molar-refractivity contribution in [2.24, 2.45) is 0 Å². The van der Waals surface area contributed by atoms with Gasteiger partial charge in [-0.05, 0) is 28.4 Å². The number of nitro groups is 1. The maximum atomic E-state index is 12.1. The SMILES string of the molecule is CCCCOc1cc(OC)cc(OP(c2ccccc2)c2ccccc2)c1-c1c(Br)cccc1[N+](=O)[O-]. The molecule has 0 aliphatic carbocycles. The van der Waals surface area contributed by atoms with Crippen LogP contribution >= 0.6 is 24.1 Å². The molecule has 0 N–H and O–H groups in total. The summed E-state index contributed by atoms with van der Waals surface area (Å²) in [5.74, 6) is 1.45. The lowest BCUT2D eigenvalue weighted by atomic mass is 10.0. The lowest BCUT2D eigenvalue weighted by Crippen LogP contribution is -2.16. The average molecular weight is 580 g/mol. The van der Waals surface area contributed by atoms with E-state index in [-0.39, 0.29) is 10.6 Å². The number of nitro benzene ring substituents is 1. The minimum absolute atomic E-state index is 0.0477. The van der Waals surface area contributed by atoms with Gasteiger partial charge in [-0.2, -0.15) is 0 Å². The fourth-order valence-electron chi connectivity index (χ4n) is 3.83. The first-order valence-electron chi connectivity index (χ1n) is 11.9. The smallest absolute Gasteiger partial charge is 0.278 e. The molecule has 8 heteroatoms. The first-order valence-corrected chi connectivity index (χ1v) is 13.9. The van der Waals surface area contributed by atoms with Crippen molar-refractivity contribution in [1.29, 1.82) is 0 Å². The van der Waals surface area contributed by atoms with Gasteiger partial charge in [0.1, 0.15) is 17.2 Å². The first kappa shape index (κ1) is 26.6. The summed E-state index contributed by atoms with van der Waals surface area (Å²) < 4.78 is 19.2. The van der Waals surface area contributed by atoms with E-state index in [1.54, 1.807) is 31.4 Å². The van der Waals surface area contributed by atoms with E-state index >= 15 is 0 Å². The molecular formula is C29H27BrNO5P. The Labute approximate surface area is 226 Å². The van der Waals surface area contributed by atoms with Gasteiger partial charge in [-0.25, -0.2) is 0 Å². The predicted molar refractivity (Wildman–Crippen MR) is 153 cm³/mol. The normalized spacial score (nSPS) is 10.8. The molecule has 0 radical (unpaired) electrons. The van der Waals surface area contributed by atoms with Gasteiger partial charge < -0.3 is 14.0 Å². The molecule has 0 fully saturated rings. The van der Waals surface area contributed by atoms with Crippen LogP contribution in [0.1, 0.15) is 19.8 Å². The van der Waals surface area contributed by atoms with Crippen molar-refractivity contribution in [2.75, 3.05) is 13.7 Å². The zero-order valence-electron chi connectivity index (χ0n) is 20.6. The van der Waals surface area contributed by atoms with E-state index in [2.05, 4.69) is 22.9 Å². The van der Waals surface area contributed by atoms with Crippen LogP contribution in [0, 0.1) is 10.1 Å². The molecule has 0 saturated carbocycles. The Balaban J connectivity index is 1.96. The second-order valence-corrected chi connectivity index (χ2v) is 10.8. The van der Waals surface area contributed by atoms with E-state index in [1.165, 1.54) is 6.07 Å². The summed E-state index contributed by atoms with van der Waals surface area (Å²) in [6, 6.07) is 28.4. The summed E-state index contributed by atoms with van der Waals surface area (Å²) in [5.41, 5.74) is 0.858. The van der Waals surface area contributed by atoms with Gasteiger partial charge in [-0.3, -0.25) is 10.1 Å². The van der Waals surface area contributed by atoms with E-state index in [4.69, 9.17) is 14.0 Å². The van der Waals surface area contributed by atoms with Gasteiger partial charge in [-0.15, -0.1) is 0 Å². The topological polar surface area (TPSA) is 70.8 Å². The van der Waals surface area contributed by atoms with Gasteiger partial charge in [0, 0.05) is 33.3 Å². The fourth-order valence-corrected chi connectivity index (χ4v) is 6.12. The van der Waals surface area contributed by atoms with Gasteiger partial charge in [0.2, 0.25) is 0 Å². The van der Waals surface area contributed by atoms with Crippen LogP contribution in [0.5, 0.6) is 17.2 Å². The van der Waals surface area contributed by atoms with Crippen LogP contribution in [0.2, 0.25) is 0 Å². The molecule has 0 amide bonds. The summed E-state index contributed by atoms with van der Waals surface area (Å²) in [6.07, 6.45) is 1.79. The zero-order chi connectivity index (χ0) is 26.2. The van der Waals surface area contributed by atoms with E-state index < -0.39 is 8.15 Å². The highest BCUT2D eigenvalue weighted by molar-refractivity contribution is 9.10. The van der Waals surface area contributed by atoms with Crippen LogP contribution in [-0.4, -0.2) is 18.6 Å². The minimum atomic E-state index is -1.31. The minimum Gasteiger partial charge on any atom is -0.496 e. The highest BCUT2D eigenvalue weighted by Gasteiger charge is 2.28. The second kappa shape index (κ2) is 12.7. The van der Waals surface area contributed by atoms with Gasteiger partial charge in [0.25, 0.3) is 5.69 Å². The van der Waals surface area contributed by atoms with Crippen molar-refractivity contribution < 1.29 is 18.9 Å². The number of nitrogens with zero attached hydrogens (tertiary/aromatic N) is 1. The van der Waals surface area contributed by atoms with Crippen molar-refractivity contribution in [3.8, 4) is 28.4 Å². The number of ether oxygens (including phenoxy) is 2. The molecule has 4 aromatic carbocycles. The molecule has 0 saturated heterocycles. The quantitative estimate of drug-likeness (QED) is 0.0790. The van der Waals surface area contributed by atoms with Gasteiger partial charge >= 0.3 is 0 Å². The van der Waals surface area contributed by atoms with Crippen LogP contribution in [0.4, 0.5) is 5.69 Å². The molecule has 0 atom stereocenters. The lowest BCUT2D eigenvalue weighted by molar-refractivity contribution is -0.384. The van der Waals surface area contributed by atoms with Crippen LogP contribution in [0.25, 0.3) is 11.1 Å². The third-order valence-electron chi connectivity index (χ3n) is 5.64. The molecule has 37 heavy (non-hydrogen) atoms. The summed E-state index contributed by atoms with van der Waals surface area (Å²) in [4.78, 5) is 11.7. The Bertz CT molecular complexity index is 1310. The molecule has 0 aliphatic heterocycles. The number of rotatable bonds is 11. The molecule has 0 aliphatic rings. The highest BCUT2D eigenvalue weighted by Crippen LogP contribution is 2.51. The molecule has 0 aromatic heterocycles. The molecular weight excluding hydrogens is 553 g/mol. The fraction of sp³-hybridized carbons (Fsp3) is 0.172. The molecule has 0 bridgehead atoms. The van der Waals surface area contributed by atoms with Gasteiger partial charge in [0.05, 0.1) is 29.8 Å². The third-order valence-corrected chi connectivity index (χ3v) is 8.21. The standard InChI is InChI=1S/C29H27BrNO5P/c1-3-4-18-35-26-19-21(34-2)20-27(29(26)28-24(30)16-11-17-25(28)31(32)33)36-37(22-12-7-5-8-13-22)23-14-9-6-10-15-23/h5-17,19-20H,3-4,18H2,1-2H3. The van der Waals surface area contributed by atoms with Crippen molar-refractivity contribution in [1.82, 2.24) is 0 Å². The number of hydrogen-bond donors (Lipinski definition) is 0. The average Bonchev–Trinajstić information content (AvgIpc) is 2.92. The Morgan fingerprint density at radius 1 is 0.865 bits per heavy atom. The summed E-state index contributed by atoms with van der Waals surface area (Å²) >= 11 is 3.55. The van der Waals surface area contributed by atoms with Crippen LogP contribution in [0.15, 0.2) is 95.5 Å². The second-order valence-electron chi connectivity index (χ2n) is 8.15. The van der Waals surface area contributed by atoms with E-state index in [0.29, 0.717) is 39.5 Å². The number of hydrogen-bond acceptors (Lipinski definition) is 5. The molecule has 4 aromatic rings. The highest BCUT2D eigenvalue weighted by atomic mass is 79.9. The summed E-state index contributed by atoms with van der Waals surface area (Å²) in [5, 5.41) is 14.1. The number of methoxy groups -OCH3 is 1. The Morgan fingerprint density at radius 2 is 1.49 bits per heavy atom. The molecule has 0 spiro atoms. The number of benzene rings is 4.